The maximum atomic E-state index is 12.5. The van der Waals surface area contributed by atoms with E-state index < -0.39 is 0 Å². The average molecular weight is 299 g/mol. The molecule has 2 aromatic rings. The fourth-order valence-corrected chi connectivity index (χ4v) is 3.02. The SMILES string of the molecule is CN(C(=O)Cn1nnnc1-c1ccccc1)C1CCCCC1. The summed E-state index contributed by atoms with van der Waals surface area (Å²) in [7, 11) is 1.89. The van der Waals surface area contributed by atoms with Crippen LogP contribution >= 0.6 is 0 Å². The number of hydrogen-bond acceptors (Lipinski definition) is 4. The first-order valence-electron chi connectivity index (χ1n) is 7.83. The summed E-state index contributed by atoms with van der Waals surface area (Å²) in [5.41, 5.74) is 0.917. The summed E-state index contributed by atoms with van der Waals surface area (Å²) in [6, 6.07) is 10.1. The van der Waals surface area contributed by atoms with Crippen molar-refractivity contribution in [1.29, 1.82) is 0 Å². The number of carbonyl (C=O) groups is 1. The third-order valence-corrected chi connectivity index (χ3v) is 4.36. The maximum absolute atomic E-state index is 12.5. The highest BCUT2D eigenvalue weighted by atomic mass is 16.2. The first-order chi connectivity index (χ1) is 10.8. The largest absolute Gasteiger partial charge is 0.341 e. The Balaban J connectivity index is 1.71. The molecule has 0 N–H and O–H groups in total. The lowest BCUT2D eigenvalue weighted by molar-refractivity contribution is -0.133. The van der Waals surface area contributed by atoms with Crippen molar-refractivity contribution in [3.05, 3.63) is 30.3 Å². The Morgan fingerprint density at radius 3 is 2.68 bits per heavy atom. The minimum absolute atomic E-state index is 0.0661. The van der Waals surface area contributed by atoms with Gasteiger partial charge in [-0.1, -0.05) is 49.6 Å². The molecule has 0 radical (unpaired) electrons. The van der Waals surface area contributed by atoms with Crippen molar-refractivity contribution in [1.82, 2.24) is 25.1 Å². The van der Waals surface area contributed by atoms with Crippen LogP contribution in [0.3, 0.4) is 0 Å². The van der Waals surface area contributed by atoms with Gasteiger partial charge in [0, 0.05) is 18.7 Å². The molecule has 1 amide bonds. The molecule has 22 heavy (non-hydrogen) atoms. The van der Waals surface area contributed by atoms with Crippen LogP contribution in [-0.4, -0.2) is 44.1 Å². The van der Waals surface area contributed by atoms with E-state index in [1.54, 1.807) is 4.68 Å². The molecule has 0 atom stereocenters. The Bertz CT molecular complexity index is 618. The van der Waals surface area contributed by atoms with Crippen LogP contribution < -0.4 is 0 Å². The molecule has 0 aliphatic heterocycles. The number of hydrogen-bond donors (Lipinski definition) is 0. The highest BCUT2D eigenvalue weighted by Crippen LogP contribution is 2.22. The van der Waals surface area contributed by atoms with Crippen LogP contribution in [-0.2, 0) is 11.3 Å². The normalized spacial score (nSPS) is 15.7. The third kappa shape index (κ3) is 3.16. The molecule has 0 saturated heterocycles. The molecule has 1 fully saturated rings. The number of aromatic nitrogens is 4. The van der Waals surface area contributed by atoms with Crippen LogP contribution in [0.4, 0.5) is 0 Å². The van der Waals surface area contributed by atoms with Crippen LogP contribution in [0.5, 0.6) is 0 Å². The molecule has 1 aromatic heterocycles. The van der Waals surface area contributed by atoms with Crippen molar-refractivity contribution in [2.45, 2.75) is 44.7 Å². The van der Waals surface area contributed by atoms with Crippen molar-refractivity contribution >= 4 is 5.91 Å². The van der Waals surface area contributed by atoms with Crippen LogP contribution in [0.15, 0.2) is 30.3 Å². The molecule has 0 bridgehead atoms. The Labute approximate surface area is 130 Å². The second-order valence-electron chi connectivity index (χ2n) is 5.82. The zero-order valence-corrected chi connectivity index (χ0v) is 12.9. The van der Waals surface area contributed by atoms with Crippen molar-refractivity contribution in [2.75, 3.05) is 7.05 Å². The second kappa shape index (κ2) is 6.68. The van der Waals surface area contributed by atoms with Gasteiger partial charge >= 0.3 is 0 Å². The van der Waals surface area contributed by atoms with Gasteiger partial charge in [0.1, 0.15) is 6.54 Å². The molecule has 6 heteroatoms. The predicted octanol–water partition coefficient (Wildman–Crippen LogP) is 2.13. The van der Waals surface area contributed by atoms with E-state index in [2.05, 4.69) is 15.5 Å². The number of carbonyl (C=O) groups excluding carboxylic acids is 1. The average Bonchev–Trinajstić information content (AvgIpc) is 3.04. The topological polar surface area (TPSA) is 63.9 Å². The lowest BCUT2D eigenvalue weighted by Gasteiger charge is -2.31. The number of nitrogens with zero attached hydrogens (tertiary/aromatic N) is 5. The van der Waals surface area contributed by atoms with Gasteiger partial charge in [0.2, 0.25) is 5.91 Å². The van der Waals surface area contributed by atoms with E-state index in [1.807, 2.05) is 42.3 Å². The Kier molecular flexibility index (Phi) is 4.46. The number of rotatable bonds is 4. The molecular weight excluding hydrogens is 278 g/mol. The minimum Gasteiger partial charge on any atom is -0.341 e. The quantitative estimate of drug-likeness (QED) is 0.867. The molecule has 6 nitrogen and oxygen atoms in total. The molecular formula is C16H21N5O. The Hall–Kier alpha value is -2.24. The van der Waals surface area contributed by atoms with Crippen LogP contribution in [0.2, 0.25) is 0 Å². The van der Waals surface area contributed by atoms with Gasteiger partial charge in [-0.15, -0.1) is 5.10 Å². The van der Waals surface area contributed by atoms with Crippen LogP contribution in [0.1, 0.15) is 32.1 Å². The summed E-state index contributed by atoms with van der Waals surface area (Å²) in [4.78, 5) is 14.4. The monoisotopic (exact) mass is 299 g/mol. The van der Waals surface area contributed by atoms with Gasteiger partial charge in [-0.25, -0.2) is 4.68 Å². The fourth-order valence-electron chi connectivity index (χ4n) is 3.02. The zero-order chi connectivity index (χ0) is 15.4. The molecule has 3 rings (SSSR count). The highest BCUT2D eigenvalue weighted by molar-refractivity contribution is 5.76. The fraction of sp³-hybridized carbons (Fsp3) is 0.500. The summed E-state index contributed by atoms with van der Waals surface area (Å²) in [5, 5.41) is 11.7. The second-order valence-corrected chi connectivity index (χ2v) is 5.82. The standard InChI is InChI=1S/C16H21N5O/c1-20(14-10-6-3-7-11-14)15(22)12-21-16(17-18-19-21)13-8-4-2-5-9-13/h2,4-5,8-9,14H,3,6-7,10-12H2,1H3. The van der Waals surface area contributed by atoms with Crippen molar-refractivity contribution in [2.24, 2.45) is 0 Å². The van der Waals surface area contributed by atoms with Gasteiger partial charge in [-0.3, -0.25) is 4.79 Å². The van der Waals surface area contributed by atoms with Gasteiger partial charge in [0.05, 0.1) is 0 Å². The van der Waals surface area contributed by atoms with E-state index in [0.29, 0.717) is 11.9 Å². The van der Waals surface area contributed by atoms with Gasteiger partial charge in [0.15, 0.2) is 5.82 Å². The predicted molar refractivity (Wildman–Crippen MR) is 82.9 cm³/mol. The number of tetrazole rings is 1. The number of benzene rings is 1. The molecule has 1 aliphatic rings. The summed E-state index contributed by atoms with van der Waals surface area (Å²) in [5.74, 6) is 0.697. The Morgan fingerprint density at radius 1 is 1.23 bits per heavy atom. The van der Waals surface area contributed by atoms with Crippen molar-refractivity contribution in [3.8, 4) is 11.4 Å². The lowest BCUT2D eigenvalue weighted by Crippen LogP contribution is -2.40. The van der Waals surface area contributed by atoms with Gasteiger partial charge < -0.3 is 4.90 Å². The van der Waals surface area contributed by atoms with E-state index in [4.69, 9.17) is 0 Å². The van der Waals surface area contributed by atoms with E-state index in [1.165, 1.54) is 19.3 Å². The number of amides is 1. The Morgan fingerprint density at radius 2 is 1.95 bits per heavy atom. The maximum Gasteiger partial charge on any atom is 0.244 e. The molecule has 1 aromatic carbocycles. The summed E-state index contributed by atoms with van der Waals surface area (Å²) >= 11 is 0. The van der Waals surface area contributed by atoms with E-state index in [-0.39, 0.29) is 12.5 Å². The molecule has 116 valence electrons. The number of likely N-dealkylation sites (N-methyl/N-ethyl adjacent to an activating group) is 1. The van der Waals surface area contributed by atoms with Gasteiger partial charge in [0.25, 0.3) is 0 Å². The first kappa shape index (κ1) is 14.7. The van der Waals surface area contributed by atoms with E-state index in [0.717, 1.165) is 18.4 Å². The first-order valence-corrected chi connectivity index (χ1v) is 7.83. The van der Waals surface area contributed by atoms with E-state index >= 15 is 0 Å². The lowest BCUT2D eigenvalue weighted by atomic mass is 9.94. The minimum atomic E-state index is 0.0661. The van der Waals surface area contributed by atoms with Crippen LogP contribution in [0.25, 0.3) is 11.4 Å². The summed E-state index contributed by atoms with van der Waals surface area (Å²) in [6.45, 7) is 0.185. The molecule has 1 heterocycles. The molecule has 0 unspecified atom stereocenters. The molecule has 1 aliphatic carbocycles. The van der Waals surface area contributed by atoms with Crippen molar-refractivity contribution < 1.29 is 4.79 Å². The summed E-state index contributed by atoms with van der Waals surface area (Å²) in [6.07, 6.45) is 5.90. The highest BCUT2D eigenvalue weighted by Gasteiger charge is 2.23. The molecule has 1 saturated carbocycles. The smallest absolute Gasteiger partial charge is 0.244 e. The van der Waals surface area contributed by atoms with Crippen LogP contribution in [0, 0.1) is 0 Å². The van der Waals surface area contributed by atoms with Gasteiger partial charge in [-0.05, 0) is 23.3 Å². The third-order valence-electron chi connectivity index (χ3n) is 4.36. The van der Waals surface area contributed by atoms with Crippen molar-refractivity contribution in [3.63, 3.8) is 0 Å². The molecule has 0 spiro atoms. The zero-order valence-electron chi connectivity index (χ0n) is 12.9. The van der Waals surface area contributed by atoms with Gasteiger partial charge in [-0.2, -0.15) is 0 Å². The van der Waals surface area contributed by atoms with E-state index in [9.17, 15) is 4.79 Å². The summed E-state index contributed by atoms with van der Waals surface area (Å²) < 4.78 is 1.58.